The first-order valence-corrected chi connectivity index (χ1v) is 8.08. The molecule has 0 aromatic carbocycles. The fourth-order valence-electron chi connectivity index (χ4n) is 2.88. The van der Waals surface area contributed by atoms with E-state index in [0.29, 0.717) is 12.5 Å². The molecule has 0 bridgehead atoms. The van der Waals surface area contributed by atoms with Gasteiger partial charge in [0.25, 0.3) is 0 Å². The smallest absolute Gasteiger partial charge is 0.0624 e. The van der Waals surface area contributed by atoms with Gasteiger partial charge in [0.05, 0.1) is 17.9 Å². The molecule has 2 heterocycles. The molecule has 114 valence electrons. The third kappa shape index (κ3) is 4.32. The number of rotatable bonds is 7. The van der Waals surface area contributed by atoms with Gasteiger partial charge < -0.3 is 9.84 Å². The second kappa shape index (κ2) is 7.79. The highest BCUT2D eigenvalue weighted by Crippen LogP contribution is 2.19. The maximum atomic E-state index is 10.2. The predicted octanol–water partition coefficient (Wildman–Crippen LogP) is 2.72. The van der Waals surface area contributed by atoms with Gasteiger partial charge in [-0.05, 0) is 51.5 Å². The molecule has 1 N–H and O–H groups in total. The minimum atomic E-state index is -0.285. The van der Waals surface area contributed by atoms with Crippen LogP contribution in [-0.4, -0.2) is 33.7 Å². The quantitative estimate of drug-likeness (QED) is 0.835. The highest BCUT2D eigenvalue weighted by atomic mass is 16.5. The monoisotopic (exact) mass is 280 g/mol. The van der Waals surface area contributed by atoms with E-state index in [2.05, 4.69) is 25.0 Å². The van der Waals surface area contributed by atoms with Gasteiger partial charge in [0, 0.05) is 25.3 Å². The minimum absolute atomic E-state index is 0.285. The molecule has 1 aliphatic rings. The van der Waals surface area contributed by atoms with E-state index in [1.165, 1.54) is 12.8 Å². The number of aromatic nitrogens is 2. The molecule has 2 unspecified atom stereocenters. The number of ether oxygens (including phenoxy) is 1. The lowest BCUT2D eigenvalue weighted by Crippen LogP contribution is -2.22. The van der Waals surface area contributed by atoms with Crippen molar-refractivity contribution in [2.45, 2.75) is 77.5 Å². The Balaban J connectivity index is 1.81. The lowest BCUT2D eigenvalue weighted by atomic mass is 10.0. The molecule has 1 fully saturated rings. The largest absolute Gasteiger partial charge is 0.393 e. The summed E-state index contributed by atoms with van der Waals surface area (Å²) in [5, 5.41) is 14.8. The Bertz CT molecular complexity index is 397. The molecule has 4 nitrogen and oxygen atoms in total. The summed E-state index contributed by atoms with van der Waals surface area (Å²) in [5.41, 5.74) is 2.27. The van der Waals surface area contributed by atoms with Crippen molar-refractivity contribution in [1.29, 1.82) is 0 Å². The first-order chi connectivity index (χ1) is 9.72. The lowest BCUT2D eigenvalue weighted by Gasteiger charge is -2.23. The van der Waals surface area contributed by atoms with Crippen LogP contribution in [0.4, 0.5) is 0 Å². The number of hydrogen-bond acceptors (Lipinski definition) is 3. The molecule has 0 spiro atoms. The summed E-state index contributed by atoms with van der Waals surface area (Å²) in [4.78, 5) is 0. The molecule has 0 radical (unpaired) electrons. The van der Waals surface area contributed by atoms with E-state index in [0.717, 1.165) is 50.2 Å². The van der Waals surface area contributed by atoms with Crippen LogP contribution >= 0.6 is 0 Å². The van der Waals surface area contributed by atoms with Crippen LogP contribution in [0.15, 0.2) is 6.07 Å². The van der Waals surface area contributed by atoms with E-state index in [-0.39, 0.29) is 6.10 Å². The van der Waals surface area contributed by atoms with Crippen LogP contribution in [0.3, 0.4) is 0 Å². The zero-order chi connectivity index (χ0) is 14.4. The van der Waals surface area contributed by atoms with Crippen molar-refractivity contribution < 1.29 is 9.84 Å². The van der Waals surface area contributed by atoms with E-state index < -0.39 is 0 Å². The Labute approximate surface area is 122 Å². The van der Waals surface area contributed by atoms with Gasteiger partial charge in [0.1, 0.15) is 0 Å². The first kappa shape index (κ1) is 15.5. The zero-order valence-corrected chi connectivity index (χ0v) is 12.8. The van der Waals surface area contributed by atoms with Crippen LogP contribution in [0.25, 0.3) is 0 Å². The van der Waals surface area contributed by atoms with Gasteiger partial charge in [-0.25, -0.2) is 0 Å². The first-order valence-electron chi connectivity index (χ1n) is 8.08. The molecule has 1 aromatic rings. The molecule has 4 heteroatoms. The normalized spacial score (nSPS) is 21.1. The summed E-state index contributed by atoms with van der Waals surface area (Å²) in [6.45, 7) is 5.97. The Morgan fingerprint density at radius 2 is 2.30 bits per heavy atom. The van der Waals surface area contributed by atoms with E-state index in [4.69, 9.17) is 4.74 Å². The average Bonchev–Trinajstić information content (AvgIpc) is 2.88. The second-order valence-electron chi connectivity index (χ2n) is 5.72. The lowest BCUT2D eigenvalue weighted by molar-refractivity contribution is 0.00222. The highest BCUT2D eigenvalue weighted by molar-refractivity contribution is 5.11. The molecule has 2 atom stereocenters. The number of aliphatic hydroxyl groups is 1. The van der Waals surface area contributed by atoms with Crippen molar-refractivity contribution in [3.05, 3.63) is 17.5 Å². The van der Waals surface area contributed by atoms with Gasteiger partial charge in [-0.2, -0.15) is 5.10 Å². The Kier molecular flexibility index (Phi) is 6.05. The molecule has 2 rings (SSSR count). The summed E-state index contributed by atoms with van der Waals surface area (Å²) in [6.07, 6.45) is 7.13. The van der Waals surface area contributed by atoms with Crippen LogP contribution in [0, 0.1) is 0 Å². The zero-order valence-electron chi connectivity index (χ0n) is 12.8. The van der Waals surface area contributed by atoms with E-state index in [1.54, 1.807) is 0 Å². The summed E-state index contributed by atoms with van der Waals surface area (Å²) in [7, 11) is 0. The van der Waals surface area contributed by atoms with Crippen molar-refractivity contribution in [2.24, 2.45) is 0 Å². The Morgan fingerprint density at radius 3 is 2.95 bits per heavy atom. The van der Waals surface area contributed by atoms with Crippen LogP contribution in [-0.2, 0) is 24.1 Å². The summed E-state index contributed by atoms with van der Waals surface area (Å²) in [5.74, 6) is 0. The summed E-state index contributed by atoms with van der Waals surface area (Å²) < 4.78 is 7.73. The third-order valence-electron chi connectivity index (χ3n) is 4.12. The number of aryl methyl sites for hydroxylation is 2. The fourth-order valence-corrected chi connectivity index (χ4v) is 2.88. The molecule has 0 amide bonds. The van der Waals surface area contributed by atoms with Crippen LogP contribution in [0.5, 0.6) is 0 Å². The number of hydrogen-bond donors (Lipinski definition) is 1. The summed E-state index contributed by atoms with van der Waals surface area (Å²) in [6, 6.07) is 2.13. The van der Waals surface area contributed by atoms with Crippen molar-refractivity contribution in [1.82, 2.24) is 9.78 Å². The molecular weight excluding hydrogens is 252 g/mol. The van der Waals surface area contributed by atoms with Crippen LogP contribution in [0.1, 0.15) is 57.3 Å². The maximum Gasteiger partial charge on any atom is 0.0624 e. The van der Waals surface area contributed by atoms with Crippen molar-refractivity contribution >= 4 is 0 Å². The molecule has 0 saturated carbocycles. The Morgan fingerprint density at radius 1 is 1.45 bits per heavy atom. The van der Waals surface area contributed by atoms with Crippen molar-refractivity contribution in [3.63, 3.8) is 0 Å². The van der Waals surface area contributed by atoms with Crippen LogP contribution < -0.4 is 0 Å². The number of nitrogens with zero attached hydrogens (tertiary/aromatic N) is 2. The predicted molar refractivity (Wildman–Crippen MR) is 79.8 cm³/mol. The topological polar surface area (TPSA) is 47.3 Å². The van der Waals surface area contributed by atoms with Gasteiger partial charge in [-0.3, -0.25) is 4.68 Å². The summed E-state index contributed by atoms with van der Waals surface area (Å²) >= 11 is 0. The standard InChI is InChI=1S/C16H28N2O2/c1-3-13-11-14(18(4-2)17-13)12-15(19)8-9-16-7-5-6-10-20-16/h11,15-16,19H,3-10,12H2,1-2H3. The van der Waals surface area contributed by atoms with Crippen LogP contribution in [0.2, 0.25) is 0 Å². The second-order valence-corrected chi connectivity index (χ2v) is 5.72. The van der Waals surface area contributed by atoms with E-state index >= 15 is 0 Å². The van der Waals surface area contributed by atoms with Crippen molar-refractivity contribution in [2.75, 3.05) is 6.61 Å². The minimum Gasteiger partial charge on any atom is -0.393 e. The Hall–Kier alpha value is -0.870. The van der Waals surface area contributed by atoms with Gasteiger partial charge in [-0.1, -0.05) is 6.92 Å². The molecule has 20 heavy (non-hydrogen) atoms. The van der Waals surface area contributed by atoms with Gasteiger partial charge in [0.15, 0.2) is 0 Å². The molecule has 1 saturated heterocycles. The highest BCUT2D eigenvalue weighted by Gasteiger charge is 2.17. The van der Waals surface area contributed by atoms with Crippen molar-refractivity contribution in [3.8, 4) is 0 Å². The van der Waals surface area contributed by atoms with Gasteiger partial charge >= 0.3 is 0 Å². The molecule has 1 aromatic heterocycles. The van der Waals surface area contributed by atoms with E-state index in [9.17, 15) is 5.11 Å². The average molecular weight is 280 g/mol. The molecule has 1 aliphatic heterocycles. The van der Waals surface area contributed by atoms with E-state index in [1.807, 2.05) is 4.68 Å². The number of aliphatic hydroxyl groups excluding tert-OH is 1. The van der Waals surface area contributed by atoms with Gasteiger partial charge in [0.2, 0.25) is 0 Å². The maximum absolute atomic E-state index is 10.2. The third-order valence-corrected chi connectivity index (χ3v) is 4.12. The van der Waals surface area contributed by atoms with Gasteiger partial charge in [-0.15, -0.1) is 0 Å². The SMILES string of the molecule is CCc1cc(CC(O)CCC2CCCCO2)n(CC)n1. The molecular formula is C16H28N2O2. The molecule has 0 aliphatic carbocycles. The fraction of sp³-hybridized carbons (Fsp3) is 0.812.